The first-order valence-electron chi connectivity index (χ1n) is 8.98. The molecule has 124 valence electrons. The van der Waals surface area contributed by atoms with E-state index >= 15 is 0 Å². The molecule has 4 saturated carbocycles. The Morgan fingerprint density at radius 1 is 1.04 bits per heavy atom. The van der Waals surface area contributed by atoms with Gasteiger partial charge < -0.3 is 5.32 Å². The summed E-state index contributed by atoms with van der Waals surface area (Å²) in [5.41, 5.74) is 1.71. The maximum absolute atomic E-state index is 12.8. The van der Waals surface area contributed by atoms with Gasteiger partial charge in [0.2, 0.25) is 0 Å². The first kappa shape index (κ1) is 14.2. The van der Waals surface area contributed by atoms with Crippen LogP contribution in [0, 0.1) is 17.8 Å². The highest BCUT2D eigenvalue weighted by atomic mass is 16.1. The number of carbonyl (C=O) groups is 1. The van der Waals surface area contributed by atoms with Gasteiger partial charge in [0.05, 0.1) is 18.1 Å². The number of amides is 1. The fourth-order valence-corrected chi connectivity index (χ4v) is 5.69. The van der Waals surface area contributed by atoms with E-state index in [1.54, 1.807) is 17.1 Å². The summed E-state index contributed by atoms with van der Waals surface area (Å²) < 4.78 is 1.70. The van der Waals surface area contributed by atoms with Crippen molar-refractivity contribution in [2.45, 2.75) is 44.1 Å². The van der Waals surface area contributed by atoms with Gasteiger partial charge in [0.15, 0.2) is 0 Å². The zero-order valence-electron chi connectivity index (χ0n) is 13.7. The van der Waals surface area contributed by atoms with Crippen LogP contribution in [0.1, 0.15) is 48.9 Å². The van der Waals surface area contributed by atoms with Crippen molar-refractivity contribution in [3.8, 4) is 5.69 Å². The highest BCUT2D eigenvalue weighted by molar-refractivity contribution is 5.94. The van der Waals surface area contributed by atoms with E-state index in [0.29, 0.717) is 0 Å². The van der Waals surface area contributed by atoms with E-state index in [1.165, 1.54) is 38.5 Å². The molecule has 0 spiro atoms. The molecule has 4 bridgehead atoms. The maximum atomic E-state index is 12.8. The Bertz CT molecular complexity index is 715. The normalized spacial score (nSPS) is 33.6. The van der Waals surface area contributed by atoms with Crippen LogP contribution in [0.15, 0.2) is 36.7 Å². The van der Waals surface area contributed by atoms with Gasteiger partial charge in [-0.3, -0.25) is 4.79 Å². The SMILES string of the molecule is O=C(NC12CC3CC(CC(C3)C1)C2)c1ccc(-n2ccnn2)cc1. The first-order chi connectivity index (χ1) is 11.7. The Labute approximate surface area is 141 Å². The summed E-state index contributed by atoms with van der Waals surface area (Å²) in [6.45, 7) is 0. The number of hydrogen-bond donors (Lipinski definition) is 1. The second kappa shape index (κ2) is 5.16. The van der Waals surface area contributed by atoms with Crippen molar-refractivity contribution < 1.29 is 4.79 Å². The maximum Gasteiger partial charge on any atom is 0.251 e. The zero-order chi connectivity index (χ0) is 16.1. The van der Waals surface area contributed by atoms with Crippen LogP contribution in [0.4, 0.5) is 0 Å². The molecule has 1 amide bonds. The quantitative estimate of drug-likeness (QED) is 0.945. The molecule has 4 fully saturated rings. The molecule has 5 heteroatoms. The van der Waals surface area contributed by atoms with Crippen molar-refractivity contribution in [1.29, 1.82) is 0 Å². The molecule has 5 nitrogen and oxygen atoms in total. The average molecular weight is 322 g/mol. The minimum Gasteiger partial charge on any atom is -0.347 e. The molecule has 1 aromatic heterocycles. The lowest BCUT2D eigenvalue weighted by Gasteiger charge is -2.56. The summed E-state index contributed by atoms with van der Waals surface area (Å²) in [4.78, 5) is 12.8. The van der Waals surface area contributed by atoms with Crippen molar-refractivity contribution in [2.75, 3.05) is 0 Å². The molecule has 0 saturated heterocycles. The lowest BCUT2D eigenvalue weighted by atomic mass is 9.53. The third kappa shape index (κ3) is 2.34. The lowest BCUT2D eigenvalue weighted by Crippen LogP contribution is -2.59. The standard InChI is InChI=1S/C19H22N4O/c24-18(16-1-3-17(4-2-16)23-6-5-20-22-23)21-19-10-13-7-14(11-19)9-15(8-13)12-19/h1-6,13-15H,7-12H2,(H,21,24). The third-order valence-electron chi connectivity index (χ3n) is 6.23. The molecule has 0 atom stereocenters. The van der Waals surface area contributed by atoms with Gasteiger partial charge in [0.1, 0.15) is 0 Å². The van der Waals surface area contributed by atoms with Crippen molar-refractivity contribution in [3.63, 3.8) is 0 Å². The fraction of sp³-hybridized carbons (Fsp3) is 0.526. The molecular formula is C19H22N4O. The minimum absolute atomic E-state index is 0.0659. The molecule has 2 aromatic rings. The number of carbonyl (C=O) groups excluding carboxylic acids is 1. The van der Waals surface area contributed by atoms with E-state index < -0.39 is 0 Å². The highest BCUT2D eigenvalue weighted by Crippen LogP contribution is 2.55. The van der Waals surface area contributed by atoms with Crippen LogP contribution in [0.5, 0.6) is 0 Å². The average Bonchev–Trinajstić information content (AvgIpc) is 3.07. The Morgan fingerprint density at radius 2 is 1.67 bits per heavy atom. The van der Waals surface area contributed by atoms with Gasteiger partial charge in [-0.25, -0.2) is 4.68 Å². The Kier molecular flexibility index (Phi) is 3.05. The van der Waals surface area contributed by atoms with Crippen LogP contribution in [-0.4, -0.2) is 26.4 Å². The molecule has 0 radical (unpaired) electrons. The van der Waals surface area contributed by atoms with Gasteiger partial charge in [-0.2, -0.15) is 0 Å². The molecular weight excluding hydrogens is 300 g/mol. The molecule has 1 heterocycles. The van der Waals surface area contributed by atoms with Crippen molar-refractivity contribution in [1.82, 2.24) is 20.3 Å². The Morgan fingerprint density at radius 3 is 2.21 bits per heavy atom. The van der Waals surface area contributed by atoms with Gasteiger partial charge in [-0.05, 0) is 80.5 Å². The van der Waals surface area contributed by atoms with E-state index in [4.69, 9.17) is 0 Å². The number of nitrogens with one attached hydrogen (secondary N) is 1. The molecule has 6 rings (SSSR count). The van der Waals surface area contributed by atoms with Crippen LogP contribution >= 0.6 is 0 Å². The van der Waals surface area contributed by atoms with Crippen molar-refractivity contribution in [2.24, 2.45) is 17.8 Å². The molecule has 1 aromatic carbocycles. The van der Waals surface area contributed by atoms with Gasteiger partial charge in [-0.1, -0.05) is 5.21 Å². The Balaban J connectivity index is 1.34. The van der Waals surface area contributed by atoms with Gasteiger partial charge in [-0.15, -0.1) is 5.10 Å². The summed E-state index contributed by atoms with van der Waals surface area (Å²) in [6.07, 6.45) is 11.2. The van der Waals surface area contributed by atoms with Gasteiger partial charge in [0.25, 0.3) is 5.91 Å². The van der Waals surface area contributed by atoms with Crippen molar-refractivity contribution in [3.05, 3.63) is 42.2 Å². The van der Waals surface area contributed by atoms with Crippen LogP contribution in [0.25, 0.3) is 5.69 Å². The predicted octanol–water partition coefficient (Wildman–Crippen LogP) is 2.97. The largest absolute Gasteiger partial charge is 0.347 e. The van der Waals surface area contributed by atoms with E-state index in [0.717, 1.165) is 29.0 Å². The topological polar surface area (TPSA) is 59.8 Å². The molecule has 0 aliphatic heterocycles. The molecule has 4 aliphatic carbocycles. The summed E-state index contributed by atoms with van der Waals surface area (Å²) in [6, 6.07) is 7.60. The first-order valence-corrected chi connectivity index (χ1v) is 8.98. The summed E-state index contributed by atoms with van der Waals surface area (Å²) >= 11 is 0. The minimum atomic E-state index is 0.0659. The summed E-state index contributed by atoms with van der Waals surface area (Å²) in [5.74, 6) is 2.59. The summed E-state index contributed by atoms with van der Waals surface area (Å²) in [7, 11) is 0. The van der Waals surface area contributed by atoms with E-state index in [9.17, 15) is 4.79 Å². The summed E-state index contributed by atoms with van der Waals surface area (Å²) in [5, 5.41) is 11.2. The highest BCUT2D eigenvalue weighted by Gasteiger charge is 2.51. The van der Waals surface area contributed by atoms with Crippen LogP contribution in [0.2, 0.25) is 0 Å². The number of nitrogens with zero attached hydrogens (tertiary/aromatic N) is 3. The third-order valence-corrected chi connectivity index (χ3v) is 6.23. The van der Waals surface area contributed by atoms with E-state index in [1.807, 2.05) is 24.3 Å². The second-order valence-electron chi connectivity index (χ2n) is 8.05. The van der Waals surface area contributed by atoms with Crippen LogP contribution in [0.3, 0.4) is 0 Å². The Hall–Kier alpha value is -2.17. The number of aromatic nitrogens is 3. The van der Waals surface area contributed by atoms with Gasteiger partial charge >= 0.3 is 0 Å². The number of benzene rings is 1. The monoisotopic (exact) mass is 322 g/mol. The van der Waals surface area contributed by atoms with E-state index in [2.05, 4.69) is 15.6 Å². The number of hydrogen-bond acceptors (Lipinski definition) is 3. The van der Waals surface area contributed by atoms with E-state index in [-0.39, 0.29) is 11.4 Å². The van der Waals surface area contributed by atoms with Crippen LogP contribution in [-0.2, 0) is 0 Å². The molecule has 24 heavy (non-hydrogen) atoms. The smallest absolute Gasteiger partial charge is 0.251 e. The molecule has 1 N–H and O–H groups in total. The van der Waals surface area contributed by atoms with Gasteiger partial charge in [0, 0.05) is 11.1 Å². The molecule has 0 unspecified atom stereocenters. The zero-order valence-corrected chi connectivity index (χ0v) is 13.7. The predicted molar refractivity (Wildman–Crippen MR) is 89.7 cm³/mol. The molecule has 4 aliphatic rings. The van der Waals surface area contributed by atoms with Crippen LogP contribution < -0.4 is 5.32 Å². The number of rotatable bonds is 3. The van der Waals surface area contributed by atoms with Crippen molar-refractivity contribution >= 4 is 5.91 Å². The second-order valence-corrected chi connectivity index (χ2v) is 8.05. The fourth-order valence-electron chi connectivity index (χ4n) is 5.69. The lowest BCUT2D eigenvalue weighted by molar-refractivity contribution is -0.0167.